The van der Waals surface area contributed by atoms with Crippen LogP contribution in [0.15, 0.2) is 36.4 Å². The number of esters is 1. The van der Waals surface area contributed by atoms with Crippen LogP contribution in [0.5, 0.6) is 0 Å². The first-order valence-electron chi connectivity index (χ1n) is 6.30. The number of benzene rings is 2. The summed E-state index contributed by atoms with van der Waals surface area (Å²) in [5, 5.41) is 4.03. The second-order valence-electron chi connectivity index (χ2n) is 4.24. The molecule has 6 heteroatoms. The van der Waals surface area contributed by atoms with Crippen molar-refractivity contribution in [3.63, 3.8) is 0 Å². The number of carbonyl (C=O) groups excluding carboxylic acids is 1. The lowest BCUT2D eigenvalue weighted by molar-refractivity contribution is 0.0526. The number of halogens is 2. The molecule has 0 aliphatic heterocycles. The monoisotopic (exact) mass is 324 g/mol. The molecule has 0 unspecified atom stereocenters. The summed E-state index contributed by atoms with van der Waals surface area (Å²) in [5.74, 6) is -0.411. The molecule has 0 heterocycles. The zero-order valence-electron chi connectivity index (χ0n) is 11.3. The van der Waals surface area contributed by atoms with E-state index in [4.69, 9.17) is 33.7 Å². The molecule has 0 saturated heterocycles. The molecule has 2 rings (SSSR count). The van der Waals surface area contributed by atoms with Crippen molar-refractivity contribution in [1.29, 1.82) is 0 Å². The highest BCUT2D eigenvalue weighted by Crippen LogP contribution is 2.34. The number of nitrogen functional groups attached to an aromatic ring is 1. The molecule has 0 fully saturated rings. The van der Waals surface area contributed by atoms with Crippen LogP contribution in [0.2, 0.25) is 10.0 Å². The van der Waals surface area contributed by atoms with Crippen LogP contribution >= 0.6 is 23.2 Å². The smallest absolute Gasteiger partial charge is 0.338 e. The molecular weight excluding hydrogens is 311 g/mol. The lowest BCUT2D eigenvalue weighted by Crippen LogP contribution is -2.06. The SMILES string of the molecule is CCOC(=O)c1ccc(Nc2c(Cl)cccc2Cl)c(N)c1. The Bertz CT molecular complexity index is 654. The Balaban J connectivity index is 2.28. The molecule has 0 aromatic heterocycles. The van der Waals surface area contributed by atoms with Crippen molar-refractivity contribution >= 4 is 46.2 Å². The highest BCUT2D eigenvalue weighted by molar-refractivity contribution is 6.39. The van der Waals surface area contributed by atoms with Crippen LogP contribution in [-0.4, -0.2) is 12.6 Å². The molecule has 2 aromatic carbocycles. The minimum absolute atomic E-state index is 0.313. The first-order valence-corrected chi connectivity index (χ1v) is 7.06. The summed E-state index contributed by atoms with van der Waals surface area (Å²) in [7, 11) is 0. The lowest BCUT2D eigenvalue weighted by atomic mass is 10.1. The molecule has 0 aliphatic rings. The fourth-order valence-corrected chi connectivity index (χ4v) is 2.26. The zero-order chi connectivity index (χ0) is 15.4. The summed E-state index contributed by atoms with van der Waals surface area (Å²) in [5.41, 5.74) is 7.92. The maximum Gasteiger partial charge on any atom is 0.338 e. The molecule has 0 aliphatic carbocycles. The average molecular weight is 325 g/mol. The van der Waals surface area contributed by atoms with Crippen LogP contribution in [0.3, 0.4) is 0 Å². The van der Waals surface area contributed by atoms with Gasteiger partial charge in [-0.15, -0.1) is 0 Å². The summed E-state index contributed by atoms with van der Waals surface area (Å²) < 4.78 is 4.92. The predicted molar refractivity (Wildman–Crippen MR) is 86.6 cm³/mol. The van der Waals surface area contributed by atoms with Crippen molar-refractivity contribution in [3.05, 3.63) is 52.0 Å². The first kappa shape index (κ1) is 15.5. The van der Waals surface area contributed by atoms with Crippen LogP contribution in [0, 0.1) is 0 Å². The van der Waals surface area contributed by atoms with E-state index in [-0.39, 0.29) is 0 Å². The van der Waals surface area contributed by atoms with Gasteiger partial charge in [0.05, 0.1) is 39.3 Å². The van der Waals surface area contributed by atoms with Gasteiger partial charge < -0.3 is 15.8 Å². The van der Waals surface area contributed by atoms with E-state index in [9.17, 15) is 4.79 Å². The van der Waals surface area contributed by atoms with Crippen molar-refractivity contribution in [1.82, 2.24) is 0 Å². The minimum Gasteiger partial charge on any atom is -0.462 e. The first-order chi connectivity index (χ1) is 10.0. The molecular formula is C15H14Cl2N2O2. The topological polar surface area (TPSA) is 64.3 Å². The Kier molecular flexibility index (Phi) is 4.94. The maximum atomic E-state index is 11.6. The third kappa shape index (κ3) is 3.60. The molecule has 2 aromatic rings. The Morgan fingerprint density at radius 2 is 1.90 bits per heavy atom. The number of ether oxygens (including phenoxy) is 1. The third-order valence-electron chi connectivity index (χ3n) is 2.79. The molecule has 110 valence electrons. The number of hydrogen-bond donors (Lipinski definition) is 2. The Morgan fingerprint density at radius 3 is 2.48 bits per heavy atom. The van der Waals surface area contributed by atoms with Crippen molar-refractivity contribution in [2.45, 2.75) is 6.92 Å². The van der Waals surface area contributed by atoms with Gasteiger partial charge in [0.2, 0.25) is 0 Å². The van der Waals surface area contributed by atoms with E-state index >= 15 is 0 Å². The molecule has 0 radical (unpaired) electrons. The average Bonchev–Trinajstić information content (AvgIpc) is 2.44. The van der Waals surface area contributed by atoms with Gasteiger partial charge in [-0.3, -0.25) is 0 Å². The number of para-hydroxylation sites is 1. The van der Waals surface area contributed by atoms with Gasteiger partial charge in [0.1, 0.15) is 0 Å². The van der Waals surface area contributed by atoms with E-state index in [1.807, 2.05) is 0 Å². The van der Waals surface area contributed by atoms with Gasteiger partial charge in [0.25, 0.3) is 0 Å². The van der Waals surface area contributed by atoms with Gasteiger partial charge in [-0.25, -0.2) is 4.79 Å². The standard InChI is InChI=1S/C15H14Cl2N2O2/c1-2-21-15(20)9-6-7-13(12(18)8-9)19-14-10(16)4-3-5-11(14)17/h3-8,19H,2,18H2,1H3. The van der Waals surface area contributed by atoms with Crippen LogP contribution in [0.1, 0.15) is 17.3 Å². The van der Waals surface area contributed by atoms with Gasteiger partial charge in [-0.2, -0.15) is 0 Å². The van der Waals surface area contributed by atoms with E-state index in [1.54, 1.807) is 43.3 Å². The van der Waals surface area contributed by atoms with Crippen molar-refractivity contribution in [3.8, 4) is 0 Å². The highest BCUT2D eigenvalue weighted by Gasteiger charge is 2.11. The maximum absolute atomic E-state index is 11.6. The molecule has 4 nitrogen and oxygen atoms in total. The number of carbonyl (C=O) groups is 1. The molecule has 21 heavy (non-hydrogen) atoms. The molecule has 0 spiro atoms. The predicted octanol–water partition coefficient (Wildman–Crippen LogP) is 4.50. The second-order valence-corrected chi connectivity index (χ2v) is 5.06. The summed E-state index contributed by atoms with van der Waals surface area (Å²) in [6.07, 6.45) is 0. The number of nitrogens with one attached hydrogen (secondary N) is 1. The summed E-state index contributed by atoms with van der Waals surface area (Å²) >= 11 is 12.2. The van der Waals surface area contributed by atoms with E-state index in [0.717, 1.165) is 0 Å². The molecule has 0 saturated carbocycles. The Hall–Kier alpha value is -1.91. The van der Waals surface area contributed by atoms with Gasteiger partial charge in [0.15, 0.2) is 0 Å². The van der Waals surface area contributed by atoms with Crippen molar-refractivity contribution in [2.75, 3.05) is 17.7 Å². The lowest BCUT2D eigenvalue weighted by Gasteiger charge is -2.13. The third-order valence-corrected chi connectivity index (χ3v) is 3.42. The number of hydrogen-bond acceptors (Lipinski definition) is 4. The van der Waals surface area contributed by atoms with Crippen LogP contribution in [0.25, 0.3) is 0 Å². The molecule has 0 atom stereocenters. The van der Waals surface area contributed by atoms with Crippen LogP contribution < -0.4 is 11.1 Å². The molecule has 3 N–H and O–H groups in total. The van der Waals surface area contributed by atoms with E-state index in [0.29, 0.717) is 39.3 Å². The second kappa shape index (κ2) is 6.70. The van der Waals surface area contributed by atoms with Crippen LogP contribution in [0.4, 0.5) is 17.1 Å². The normalized spacial score (nSPS) is 10.2. The number of anilines is 3. The van der Waals surface area contributed by atoms with E-state index < -0.39 is 5.97 Å². The Morgan fingerprint density at radius 1 is 1.24 bits per heavy atom. The highest BCUT2D eigenvalue weighted by atomic mass is 35.5. The van der Waals surface area contributed by atoms with Crippen molar-refractivity contribution in [2.24, 2.45) is 0 Å². The number of rotatable bonds is 4. The summed E-state index contributed by atoms with van der Waals surface area (Å²) in [4.78, 5) is 11.6. The van der Waals surface area contributed by atoms with Gasteiger partial charge in [-0.05, 0) is 37.3 Å². The number of nitrogens with two attached hydrogens (primary N) is 1. The van der Waals surface area contributed by atoms with E-state index in [1.165, 1.54) is 0 Å². The zero-order valence-corrected chi connectivity index (χ0v) is 12.8. The van der Waals surface area contributed by atoms with Gasteiger partial charge in [0, 0.05) is 0 Å². The van der Waals surface area contributed by atoms with E-state index in [2.05, 4.69) is 5.32 Å². The molecule has 0 amide bonds. The quantitative estimate of drug-likeness (QED) is 0.642. The summed E-state index contributed by atoms with van der Waals surface area (Å²) in [6.45, 7) is 2.06. The van der Waals surface area contributed by atoms with Crippen molar-refractivity contribution < 1.29 is 9.53 Å². The van der Waals surface area contributed by atoms with Gasteiger partial charge >= 0.3 is 5.97 Å². The van der Waals surface area contributed by atoms with Crippen LogP contribution in [-0.2, 0) is 4.74 Å². The fourth-order valence-electron chi connectivity index (χ4n) is 1.77. The summed E-state index contributed by atoms with van der Waals surface area (Å²) in [6, 6.07) is 10.1. The Labute approximate surface area is 132 Å². The fraction of sp³-hybridized carbons (Fsp3) is 0.133. The largest absolute Gasteiger partial charge is 0.462 e. The van der Waals surface area contributed by atoms with Gasteiger partial charge in [-0.1, -0.05) is 29.3 Å². The minimum atomic E-state index is -0.411. The molecule has 0 bridgehead atoms.